The third-order valence-corrected chi connectivity index (χ3v) is 4.28. The molecule has 0 atom stereocenters. The largest absolute Gasteiger partial charge is 0.398 e. The second-order valence-electron chi connectivity index (χ2n) is 5.20. The van der Waals surface area contributed by atoms with Gasteiger partial charge in [0.2, 0.25) is 0 Å². The van der Waals surface area contributed by atoms with Gasteiger partial charge in [-0.3, -0.25) is 4.79 Å². The summed E-state index contributed by atoms with van der Waals surface area (Å²) in [5, 5.41) is 0. The summed E-state index contributed by atoms with van der Waals surface area (Å²) in [5.74, 6) is 0.941. The van der Waals surface area contributed by atoms with E-state index in [0.717, 1.165) is 23.4 Å². The zero-order chi connectivity index (χ0) is 15.5. The maximum absolute atomic E-state index is 12.6. The third-order valence-electron chi connectivity index (χ3n) is 3.79. The van der Waals surface area contributed by atoms with Crippen molar-refractivity contribution in [1.29, 1.82) is 0 Å². The number of anilines is 2. The van der Waals surface area contributed by atoms with Crippen LogP contribution in [0.2, 0.25) is 0 Å². The van der Waals surface area contributed by atoms with E-state index >= 15 is 0 Å². The number of benzene rings is 1. The molecular weight excluding hydrogens is 344 g/mol. The van der Waals surface area contributed by atoms with Gasteiger partial charge in [0.25, 0.3) is 5.91 Å². The maximum atomic E-state index is 12.6. The number of carbonyl (C=O) groups is 1. The number of nitrogens with zero attached hydrogens (tertiary/aromatic N) is 3. The van der Waals surface area contributed by atoms with Gasteiger partial charge in [-0.2, -0.15) is 0 Å². The second kappa shape index (κ2) is 6.36. The van der Waals surface area contributed by atoms with E-state index in [0.29, 0.717) is 24.3 Å². The maximum Gasteiger partial charge on any atom is 0.256 e. The predicted octanol–water partition coefficient (Wildman–Crippen LogP) is 2.39. The number of amides is 1. The highest BCUT2D eigenvalue weighted by Gasteiger charge is 2.24. The molecule has 0 radical (unpaired) electrons. The van der Waals surface area contributed by atoms with E-state index in [-0.39, 0.29) is 5.91 Å². The molecular formula is C16H17BrN4O. The molecule has 0 unspecified atom stereocenters. The Bertz CT molecular complexity index is 669. The lowest BCUT2D eigenvalue weighted by Gasteiger charge is -2.35. The Morgan fingerprint density at radius 2 is 1.91 bits per heavy atom. The number of pyridine rings is 1. The van der Waals surface area contributed by atoms with Gasteiger partial charge in [0.05, 0.1) is 5.56 Å². The van der Waals surface area contributed by atoms with Crippen LogP contribution in [0, 0.1) is 0 Å². The Hall–Kier alpha value is -2.08. The van der Waals surface area contributed by atoms with Gasteiger partial charge in [0, 0.05) is 42.5 Å². The van der Waals surface area contributed by atoms with Crippen LogP contribution >= 0.6 is 15.9 Å². The summed E-state index contributed by atoms with van der Waals surface area (Å²) in [6.45, 7) is 2.88. The Labute approximate surface area is 137 Å². The van der Waals surface area contributed by atoms with Crippen LogP contribution in [-0.2, 0) is 0 Å². The van der Waals surface area contributed by atoms with E-state index in [9.17, 15) is 4.79 Å². The van der Waals surface area contributed by atoms with Crippen molar-refractivity contribution in [3.05, 3.63) is 52.6 Å². The normalized spacial score (nSPS) is 15.0. The molecule has 114 valence electrons. The van der Waals surface area contributed by atoms with Crippen LogP contribution in [-0.4, -0.2) is 42.0 Å². The fourth-order valence-electron chi connectivity index (χ4n) is 2.56. The SMILES string of the molecule is Nc1ccc(Br)cc1C(=O)N1CCN(c2ccccn2)CC1. The monoisotopic (exact) mass is 360 g/mol. The number of hydrogen-bond donors (Lipinski definition) is 1. The molecule has 2 aromatic rings. The first-order chi connectivity index (χ1) is 10.6. The van der Waals surface area contributed by atoms with Crippen molar-refractivity contribution in [3.63, 3.8) is 0 Å². The number of nitrogen functional groups attached to an aromatic ring is 1. The predicted molar refractivity (Wildman–Crippen MR) is 90.9 cm³/mol. The van der Waals surface area contributed by atoms with E-state index in [1.165, 1.54) is 0 Å². The molecule has 6 heteroatoms. The lowest BCUT2D eigenvalue weighted by Crippen LogP contribution is -2.49. The van der Waals surface area contributed by atoms with E-state index in [4.69, 9.17) is 5.73 Å². The standard InChI is InChI=1S/C16H17BrN4O/c17-12-4-5-14(18)13(11-12)16(22)21-9-7-20(8-10-21)15-3-1-2-6-19-15/h1-6,11H,7-10,18H2. The number of hydrogen-bond acceptors (Lipinski definition) is 4. The van der Waals surface area contributed by atoms with Crippen molar-refractivity contribution in [2.45, 2.75) is 0 Å². The van der Waals surface area contributed by atoms with Crippen LogP contribution in [0.5, 0.6) is 0 Å². The minimum Gasteiger partial charge on any atom is -0.398 e. The average molecular weight is 361 g/mol. The molecule has 1 aromatic heterocycles. The molecule has 5 nitrogen and oxygen atoms in total. The van der Waals surface area contributed by atoms with Crippen molar-refractivity contribution in [2.75, 3.05) is 36.8 Å². The number of carbonyl (C=O) groups excluding carboxylic acids is 1. The van der Waals surface area contributed by atoms with Gasteiger partial charge in [-0.15, -0.1) is 0 Å². The van der Waals surface area contributed by atoms with Crippen LogP contribution in [0.1, 0.15) is 10.4 Å². The molecule has 0 bridgehead atoms. The Balaban J connectivity index is 1.68. The first-order valence-corrected chi connectivity index (χ1v) is 7.95. The van der Waals surface area contributed by atoms with Gasteiger partial charge in [-0.1, -0.05) is 22.0 Å². The lowest BCUT2D eigenvalue weighted by molar-refractivity contribution is 0.0747. The van der Waals surface area contributed by atoms with Gasteiger partial charge in [-0.05, 0) is 30.3 Å². The second-order valence-corrected chi connectivity index (χ2v) is 6.11. The minimum atomic E-state index is -0.0144. The molecule has 1 amide bonds. The highest BCUT2D eigenvalue weighted by Crippen LogP contribution is 2.21. The summed E-state index contributed by atoms with van der Waals surface area (Å²) in [4.78, 5) is 21.0. The van der Waals surface area contributed by atoms with Crippen LogP contribution in [0.15, 0.2) is 47.1 Å². The van der Waals surface area contributed by atoms with E-state index in [1.807, 2.05) is 29.2 Å². The highest BCUT2D eigenvalue weighted by atomic mass is 79.9. The smallest absolute Gasteiger partial charge is 0.256 e. The van der Waals surface area contributed by atoms with Crippen LogP contribution in [0.3, 0.4) is 0 Å². The van der Waals surface area contributed by atoms with Gasteiger partial charge < -0.3 is 15.5 Å². The molecule has 1 aliphatic rings. The molecule has 1 aromatic carbocycles. The van der Waals surface area contributed by atoms with Crippen molar-refractivity contribution in [3.8, 4) is 0 Å². The highest BCUT2D eigenvalue weighted by molar-refractivity contribution is 9.10. The van der Waals surface area contributed by atoms with Gasteiger partial charge in [0.15, 0.2) is 0 Å². The van der Waals surface area contributed by atoms with Crippen molar-refractivity contribution < 1.29 is 4.79 Å². The van der Waals surface area contributed by atoms with E-state index < -0.39 is 0 Å². The van der Waals surface area contributed by atoms with E-state index in [2.05, 4.69) is 25.8 Å². The number of aromatic nitrogens is 1. The topological polar surface area (TPSA) is 62.5 Å². The quantitative estimate of drug-likeness (QED) is 0.835. The summed E-state index contributed by atoms with van der Waals surface area (Å²) in [6, 6.07) is 11.2. The van der Waals surface area contributed by atoms with Gasteiger partial charge >= 0.3 is 0 Å². The molecule has 22 heavy (non-hydrogen) atoms. The fraction of sp³-hybridized carbons (Fsp3) is 0.250. The number of halogens is 1. The van der Waals surface area contributed by atoms with E-state index in [1.54, 1.807) is 18.3 Å². The molecule has 2 N–H and O–H groups in total. The summed E-state index contributed by atoms with van der Waals surface area (Å²) in [6.07, 6.45) is 1.79. The van der Waals surface area contributed by atoms with Gasteiger partial charge in [0.1, 0.15) is 5.82 Å². The molecule has 1 aliphatic heterocycles. The summed E-state index contributed by atoms with van der Waals surface area (Å²) >= 11 is 3.39. The Kier molecular flexibility index (Phi) is 4.29. The molecule has 1 fully saturated rings. The molecule has 3 rings (SSSR count). The first-order valence-electron chi connectivity index (χ1n) is 7.15. The zero-order valence-corrected chi connectivity index (χ0v) is 13.7. The average Bonchev–Trinajstić information content (AvgIpc) is 2.57. The zero-order valence-electron chi connectivity index (χ0n) is 12.1. The Morgan fingerprint density at radius 1 is 1.14 bits per heavy atom. The van der Waals surface area contributed by atoms with Crippen LogP contribution < -0.4 is 10.6 Å². The van der Waals surface area contributed by atoms with Crippen LogP contribution in [0.25, 0.3) is 0 Å². The van der Waals surface area contributed by atoms with Crippen molar-refractivity contribution in [2.24, 2.45) is 0 Å². The molecule has 2 heterocycles. The van der Waals surface area contributed by atoms with Crippen molar-refractivity contribution in [1.82, 2.24) is 9.88 Å². The minimum absolute atomic E-state index is 0.0144. The first kappa shape index (κ1) is 14.8. The van der Waals surface area contributed by atoms with Crippen LogP contribution in [0.4, 0.5) is 11.5 Å². The third kappa shape index (κ3) is 3.06. The summed E-state index contributed by atoms with van der Waals surface area (Å²) < 4.78 is 0.858. The Morgan fingerprint density at radius 3 is 2.59 bits per heavy atom. The summed E-state index contributed by atoms with van der Waals surface area (Å²) in [5.41, 5.74) is 7.00. The lowest BCUT2D eigenvalue weighted by atomic mass is 10.1. The molecule has 0 aliphatic carbocycles. The van der Waals surface area contributed by atoms with Gasteiger partial charge in [-0.25, -0.2) is 4.98 Å². The molecule has 0 saturated carbocycles. The number of piperazine rings is 1. The number of nitrogens with two attached hydrogens (primary N) is 1. The fourth-order valence-corrected chi connectivity index (χ4v) is 2.92. The summed E-state index contributed by atoms with van der Waals surface area (Å²) in [7, 11) is 0. The molecule has 1 saturated heterocycles. The molecule has 0 spiro atoms. The van der Waals surface area contributed by atoms with Crippen molar-refractivity contribution >= 4 is 33.3 Å². The number of rotatable bonds is 2.